The maximum Gasteiger partial charge on any atom is 0.335 e. The van der Waals surface area contributed by atoms with Gasteiger partial charge in [-0.15, -0.1) is 0 Å². The van der Waals surface area contributed by atoms with Crippen LogP contribution >= 0.6 is 11.6 Å². The van der Waals surface area contributed by atoms with E-state index in [1.807, 2.05) is 51.1 Å². The van der Waals surface area contributed by atoms with Gasteiger partial charge in [0.15, 0.2) is 0 Å². The van der Waals surface area contributed by atoms with E-state index in [1.165, 1.54) is 6.08 Å². The Morgan fingerprint density at radius 2 is 1.74 bits per heavy atom. The van der Waals surface area contributed by atoms with Crippen LogP contribution in [0.2, 0.25) is 5.02 Å². The lowest BCUT2D eigenvalue weighted by Crippen LogP contribution is -2.54. The fourth-order valence-corrected chi connectivity index (χ4v) is 3.85. The SMILES string of the molecule is Cc1cccc(COc2ccc(/C=C3\C(=O)NC(=O)N(c4ccc(C)c(C)c4)C3=O)cc2Cl)c1. The Kier molecular flexibility index (Phi) is 6.52. The Labute approximate surface area is 202 Å². The van der Waals surface area contributed by atoms with E-state index in [9.17, 15) is 14.4 Å². The van der Waals surface area contributed by atoms with Crippen molar-refractivity contribution in [1.82, 2.24) is 5.32 Å². The van der Waals surface area contributed by atoms with Crippen molar-refractivity contribution in [3.05, 3.63) is 99.1 Å². The number of imide groups is 2. The van der Waals surface area contributed by atoms with Crippen LogP contribution in [0, 0.1) is 20.8 Å². The molecule has 0 bridgehead atoms. The summed E-state index contributed by atoms with van der Waals surface area (Å²) in [5.74, 6) is -0.976. The second-order valence-electron chi connectivity index (χ2n) is 8.19. The molecule has 1 heterocycles. The number of barbiturate groups is 1. The molecule has 0 spiro atoms. The number of anilines is 1. The van der Waals surface area contributed by atoms with Crippen molar-refractivity contribution in [2.75, 3.05) is 4.90 Å². The summed E-state index contributed by atoms with van der Waals surface area (Å²) in [4.78, 5) is 38.9. The van der Waals surface area contributed by atoms with E-state index in [1.54, 1.807) is 30.3 Å². The maximum absolute atomic E-state index is 13.1. The number of hydrogen-bond acceptors (Lipinski definition) is 4. The minimum absolute atomic E-state index is 0.165. The molecular formula is C27H23ClN2O4. The number of aryl methyl sites for hydroxylation is 3. The Morgan fingerprint density at radius 1 is 0.941 bits per heavy atom. The first-order chi connectivity index (χ1) is 16.2. The van der Waals surface area contributed by atoms with Crippen LogP contribution in [0.1, 0.15) is 27.8 Å². The van der Waals surface area contributed by atoms with Gasteiger partial charge in [-0.2, -0.15) is 0 Å². The van der Waals surface area contributed by atoms with Gasteiger partial charge in [0, 0.05) is 0 Å². The zero-order chi connectivity index (χ0) is 24.4. The lowest BCUT2D eigenvalue weighted by molar-refractivity contribution is -0.122. The predicted molar refractivity (Wildman–Crippen MR) is 132 cm³/mol. The van der Waals surface area contributed by atoms with E-state index in [0.717, 1.165) is 27.2 Å². The average Bonchev–Trinajstić information content (AvgIpc) is 2.78. The maximum atomic E-state index is 13.1. The molecule has 7 heteroatoms. The first-order valence-electron chi connectivity index (χ1n) is 10.7. The monoisotopic (exact) mass is 474 g/mol. The third-order valence-electron chi connectivity index (χ3n) is 5.59. The fourth-order valence-electron chi connectivity index (χ4n) is 3.61. The second-order valence-corrected chi connectivity index (χ2v) is 8.60. The summed E-state index contributed by atoms with van der Waals surface area (Å²) in [5, 5.41) is 2.57. The summed E-state index contributed by atoms with van der Waals surface area (Å²) >= 11 is 6.39. The number of hydrogen-bond donors (Lipinski definition) is 1. The van der Waals surface area contributed by atoms with E-state index >= 15 is 0 Å². The van der Waals surface area contributed by atoms with E-state index < -0.39 is 17.8 Å². The molecule has 0 aromatic heterocycles. The standard InChI is InChI=1S/C27H23ClN2O4/c1-16-5-4-6-20(11-16)15-34-24-10-8-19(14-23(24)28)13-22-25(31)29-27(33)30(26(22)32)21-9-7-17(2)18(3)12-21/h4-14H,15H2,1-3H3,(H,29,31,33)/b22-13+. The third-order valence-corrected chi connectivity index (χ3v) is 5.89. The predicted octanol–water partition coefficient (Wildman–Crippen LogP) is 5.51. The second kappa shape index (κ2) is 9.53. The van der Waals surface area contributed by atoms with Crippen molar-refractivity contribution in [3.8, 4) is 5.75 Å². The number of carbonyl (C=O) groups excluding carboxylic acids is 3. The lowest BCUT2D eigenvalue weighted by Gasteiger charge is -2.26. The molecule has 6 nitrogen and oxygen atoms in total. The van der Waals surface area contributed by atoms with Crippen molar-refractivity contribution < 1.29 is 19.1 Å². The normalized spacial score (nSPS) is 15.0. The minimum Gasteiger partial charge on any atom is -0.487 e. The van der Waals surface area contributed by atoms with Crippen LogP contribution < -0.4 is 15.0 Å². The van der Waals surface area contributed by atoms with Crippen molar-refractivity contribution in [3.63, 3.8) is 0 Å². The quantitative estimate of drug-likeness (QED) is 0.390. The molecule has 4 rings (SSSR count). The topological polar surface area (TPSA) is 75.7 Å². The molecular weight excluding hydrogens is 452 g/mol. The van der Waals surface area contributed by atoms with Gasteiger partial charge in [-0.25, -0.2) is 9.69 Å². The van der Waals surface area contributed by atoms with E-state index in [0.29, 0.717) is 28.6 Å². The number of carbonyl (C=O) groups is 3. The van der Waals surface area contributed by atoms with Crippen LogP contribution in [0.4, 0.5) is 10.5 Å². The molecule has 1 saturated heterocycles. The van der Waals surface area contributed by atoms with E-state index in [2.05, 4.69) is 5.32 Å². The van der Waals surface area contributed by atoms with Gasteiger partial charge in [0.05, 0.1) is 10.7 Å². The molecule has 1 aliphatic heterocycles. The third kappa shape index (κ3) is 4.87. The lowest BCUT2D eigenvalue weighted by atomic mass is 10.0. The number of benzene rings is 3. The van der Waals surface area contributed by atoms with Gasteiger partial charge >= 0.3 is 6.03 Å². The Bertz CT molecular complexity index is 1350. The molecule has 3 aromatic rings. The largest absolute Gasteiger partial charge is 0.487 e. The van der Waals surface area contributed by atoms with E-state index in [4.69, 9.17) is 16.3 Å². The number of amides is 4. The minimum atomic E-state index is -0.784. The number of halogens is 1. The molecule has 0 atom stereocenters. The molecule has 3 aromatic carbocycles. The van der Waals surface area contributed by atoms with Gasteiger partial charge in [-0.05, 0) is 73.4 Å². The van der Waals surface area contributed by atoms with Gasteiger partial charge in [-0.1, -0.05) is 53.6 Å². The zero-order valence-corrected chi connectivity index (χ0v) is 19.8. The molecule has 1 aliphatic rings. The van der Waals surface area contributed by atoms with Gasteiger partial charge in [0.25, 0.3) is 11.8 Å². The first kappa shape index (κ1) is 23.3. The zero-order valence-electron chi connectivity index (χ0n) is 19.0. The van der Waals surface area contributed by atoms with Crippen LogP contribution in [0.15, 0.2) is 66.2 Å². The van der Waals surface area contributed by atoms with Crippen molar-refractivity contribution >= 4 is 41.2 Å². The Balaban J connectivity index is 1.57. The molecule has 0 radical (unpaired) electrons. The van der Waals surface area contributed by atoms with Crippen LogP contribution in [0.25, 0.3) is 6.08 Å². The first-order valence-corrected chi connectivity index (χ1v) is 11.1. The summed E-state index contributed by atoms with van der Waals surface area (Å²) in [7, 11) is 0. The van der Waals surface area contributed by atoms with E-state index in [-0.39, 0.29) is 5.57 Å². The molecule has 4 amide bonds. The van der Waals surface area contributed by atoms with Crippen molar-refractivity contribution in [2.24, 2.45) is 0 Å². The van der Waals surface area contributed by atoms with Gasteiger partial charge in [-0.3, -0.25) is 14.9 Å². The summed E-state index contributed by atoms with van der Waals surface area (Å²) < 4.78 is 5.82. The molecule has 0 aliphatic carbocycles. The molecule has 0 unspecified atom stereocenters. The van der Waals surface area contributed by atoms with Gasteiger partial charge in [0.1, 0.15) is 17.9 Å². The van der Waals surface area contributed by atoms with Gasteiger partial charge < -0.3 is 4.74 Å². The molecule has 1 fully saturated rings. The molecule has 172 valence electrons. The average molecular weight is 475 g/mol. The summed E-state index contributed by atoms with van der Waals surface area (Å²) in [6.45, 7) is 6.19. The van der Waals surface area contributed by atoms with Crippen LogP contribution in [0.3, 0.4) is 0 Å². The summed E-state index contributed by atoms with van der Waals surface area (Å²) in [6.07, 6.45) is 1.41. The highest BCUT2D eigenvalue weighted by Gasteiger charge is 2.36. The summed E-state index contributed by atoms with van der Waals surface area (Å²) in [6, 6.07) is 17.4. The van der Waals surface area contributed by atoms with Crippen LogP contribution in [-0.4, -0.2) is 17.8 Å². The molecule has 1 N–H and O–H groups in total. The van der Waals surface area contributed by atoms with Crippen molar-refractivity contribution in [2.45, 2.75) is 27.4 Å². The molecule has 34 heavy (non-hydrogen) atoms. The Morgan fingerprint density at radius 3 is 2.44 bits per heavy atom. The summed E-state index contributed by atoms with van der Waals surface area (Å²) in [5.41, 5.74) is 4.86. The number of ether oxygens (including phenoxy) is 1. The van der Waals surface area contributed by atoms with Crippen LogP contribution in [-0.2, 0) is 16.2 Å². The highest BCUT2D eigenvalue weighted by molar-refractivity contribution is 6.39. The number of nitrogens with zero attached hydrogens (tertiary/aromatic N) is 1. The number of nitrogens with one attached hydrogen (secondary N) is 1. The van der Waals surface area contributed by atoms with Crippen molar-refractivity contribution in [1.29, 1.82) is 0 Å². The van der Waals surface area contributed by atoms with Gasteiger partial charge in [0.2, 0.25) is 0 Å². The Hall–Kier alpha value is -3.90. The number of rotatable bonds is 5. The molecule has 0 saturated carbocycles. The van der Waals surface area contributed by atoms with Crippen LogP contribution in [0.5, 0.6) is 5.75 Å². The smallest absolute Gasteiger partial charge is 0.335 e. The fraction of sp³-hybridized carbons (Fsp3) is 0.148. The highest BCUT2D eigenvalue weighted by atomic mass is 35.5. The highest BCUT2D eigenvalue weighted by Crippen LogP contribution is 2.29. The number of urea groups is 1.